The fourth-order valence-electron chi connectivity index (χ4n) is 1.78. The number of amides is 1. The molecule has 3 aromatic rings. The number of anilines is 1. The molecule has 0 saturated carbocycles. The molecular weight excluding hydrogens is 300 g/mol. The Morgan fingerprint density at radius 1 is 1.29 bits per heavy atom. The summed E-state index contributed by atoms with van der Waals surface area (Å²) in [6, 6.07) is 3.19. The van der Waals surface area contributed by atoms with Gasteiger partial charge in [-0.05, 0) is 12.1 Å². The van der Waals surface area contributed by atoms with E-state index in [4.69, 9.17) is 0 Å². The SMILES string of the molecule is O=C(Nc1c(F)cccc1F)c1cnc2sccn2c1=O. The Kier molecular flexibility index (Phi) is 3.22. The van der Waals surface area contributed by atoms with Crippen LogP contribution in [0.25, 0.3) is 4.96 Å². The first-order valence-corrected chi connectivity index (χ1v) is 6.66. The molecule has 0 saturated heterocycles. The van der Waals surface area contributed by atoms with Gasteiger partial charge in [0, 0.05) is 17.8 Å². The number of thiazole rings is 1. The third-order valence-electron chi connectivity index (χ3n) is 2.79. The molecule has 1 amide bonds. The summed E-state index contributed by atoms with van der Waals surface area (Å²) in [6.07, 6.45) is 2.55. The number of nitrogens with zero attached hydrogens (tertiary/aromatic N) is 2. The van der Waals surface area contributed by atoms with Gasteiger partial charge in [-0.25, -0.2) is 13.8 Å². The number of para-hydroxylation sites is 1. The van der Waals surface area contributed by atoms with Gasteiger partial charge in [-0.15, -0.1) is 11.3 Å². The number of fused-ring (bicyclic) bond motifs is 1. The summed E-state index contributed by atoms with van der Waals surface area (Å²) >= 11 is 1.23. The van der Waals surface area contributed by atoms with Gasteiger partial charge in [-0.3, -0.25) is 14.0 Å². The van der Waals surface area contributed by atoms with E-state index in [-0.39, 0.29) is 5.56 Å². The summed E-state index contributed by atoms with van der Waals surface area (Å²) in [5.41, 5.74) is -1.50. The van der Waals surface area contributed by atoms with E-state index in [2.05, 4.69) is 10.3 Å². The van der Waals surface area contributed by atoms with Gasteiger partial charge in [0.05, 0.1) is 0 Å². The molecule has 21 heavy (non-hydrogen) atoms. The van der Waals surface area contributed by atoms with Crippen LogP contribution in [0.4, 0.5) is 14.5 Å². The lowest BCUT2D eigenvalue weighted by Crippen LogP contribution is -2.26. The Morgan fingerprint density at radius 3 is 2.71 bits per heavy atom. The topological polar surface area (TPSA) is 63.5 Å². The zero-order valence-electron chi connectivity index (χ0n) is 10.3. The smallest absolute Gasteiger partial charge is 0.271 e. The quantitative estimate of drug-likeness (QED) is 0.790. The first-order valence-electron chi connectivity index (χ1n) is 5.78. The number of hydrogen-bond acceptors (Lipinski definition) is 4. The van der Waals surface area contributed by atoms with Crippen molar-refractivity contribution in [1.82, 2.24) is 9.38 Å². The van der Waals surface area contributed by atoms with Crippen molar-refractivity contribution < 1.29 is 13.6 Å². The number of carbonyl (C=O) groups is 1. The van der Waals surface area contributed by atoms with Gasteiger partial charge in [-0.1, -0.05) is 6.07 Å². The molecule has 0 spiro atoms. The molecule has 1 N–H and O–H groups in total. The molecule has 2 heterocycles. The fraction of sp³-hybridized carbons (Fsp3) is 0. The van der Waals surface area contributed by atoms with Crippen LogP contribution in [0.2, 0.25) is 0 Å². The van der Waals surface area contributed by atoms with Crippen molar-refractivity contribution in [2.45, 2.75) is 0 Å². The molecule has 0 unspecified atom stereocenters. The molecular formula is C13H7F2N3O2S. The minimum atomic E-state index is -0.923. The molecule has 0 radical (unpaired) electrons. The first kappa shape index (κ1) is 13.4. The van der Waals surface area contributed by atoms with E-state index in [0.29, 0.717) is 4.96 Å². The maximum Gasteiger partial charge on any atom is 0.271 e. The van der Waals surface area contributed by atoms with E-state index in [9.17, 15) is 18.4 Å². The monoisotopic (exact) mass is 307 g/mol. The van der Waals surface area contributed by atoms with Gasteiger partial charge < -0.3 is 5.32 Å². The number of rotatable bonds is 2. The van der Waals surface area contributed by atoms with Crippen LogP contribution < -0.4 is 10.9 Å². The zero-order chi connectivity index (χ0) is 15.0. The van der Waals surface area contributed by atoms with Crippen LogP contribution in [-0.4, -0.2) is 15.3 Å². The summed E-state index contributed by atoms with van der Waals surface area (Å²) in [4.78, 5) is 28.5. The molecule has 0 aliphatic carbocycles. The van der Waals surface area contributed by atoms with Crippen LogP contribution >= 0.6 is 11.3 Å². The average Bonchev–Trinajstić information content (AvgIpc) is 2.92. The molecule has 8 heteroatoms. The maximum absolute atomic E-state index is 13.5. The highest BCUT2D eigenvalue weighted by atomic mass is 32.1. The Bertz CT molecular complexity index is 884. The van der Waals surface area contributed by atoms with Gasteiger partial charge in [0.1, 0.15) is 22.9 Å². The van der Waals surface area contributed by atoms with Crippen LogP contribution in [0.15, 0.2) is 40.8 Å². The highest BCUT2D eigenvalue weighted by Gasteiger charge is 2.17. The Labute approximate surface area is 120 Å². The Balaban J connectivity index is 2.01. The first-order chi connectivity index (χ1) is 10.1. The zero-order valence-corrected chi connectivity index (χ0v) is 11.2. The van der Waals surface area contributed by atoms with Gasteiger partial charge in [0.2, 0.25) is 0 Å². The Morgan fingerprint density at radius 2 is 2.00 bits per heavy atom. The Hall–Kier alpha value is -2.61. The average molecular weight is 307 g/mol. The molecule has 0 fully saturated rings. The van der Waals surface area contributed by atoms with Crippen LogP contribution in [0.5, 0.6) is 0 Å². The van der Waals surface area contributed by atoms with E-state index < -0.39 is 28.8 Å². The largest absolute Gasteiger partial charge is 0.317 e. The molecule has 3 rings (SSSR count). The van der Waals surface area contributed by atoms with Crippen molar-refractivity contribution >= 4 is 27.9 Å². The molecule has 0 aliphatic rings. The molecule has 5 nitrogen and oxygen atoms in total. The van der Waals surface area contributed by atoms with Gasteiger partial charge in [0.15, 0.2) is 4.96 Å². The summed E-state index contributed by atoms with van der Waals surface area (Å²) < 4.78 is 28.1. The lowest BCUT2D eigenvalue weighted by molar-refractivity contribution is 0.102. The second-order valence-electron chi connectivity index (χ2n) is 4.08. The predicted octanol–water partition coefficient (Wildman–Crippen LogP) is 2.29. The fourth-order valence-corrected chi connectivity index (χ4v) is 2.45. The summed E-state index contributed by atoms with van der Waals surface area (Å²) in [7, 11) is 0. The number of carbonyl (C=O) groups excluding carboxylic acids is 1. The van der Waals surface area contributed by atoms with Crippen LogP contribution in [-0.2, 0) is 0 Å². The van der Waals surface area contributed by atoms with Crippen LogP contribution in [0.1, 0.15) is 10.4 Å². The van der Waals surface area contributed by atoms with Crippen molar-refractivity contribution in [1.29, 1.82) is 0 Å². The minimum Gasteiger partial charge on any atom is -0.317 e. The summed E-state index contributed by atoms with van der Waals surface area (Å²) in [6.45, 7) is 0. The minimum absolute atomic E-state index is 0.298. The number of nitrogens with one attached hydrogen (secondary N) is 1. The second-order valence-corrected chi connectivity index (χ2v) is 4.96. The van der Waals surface area contributed by atoms with E-state index in [1.165, 1.54) is 28.0 Å². The summed E-state index contributed by atoms with van der Waals surface area (Å²) in [5, 5.41) is 3.69. The molecule has 0 aliphatic heterocycles. The van der Waals surface area contributed by atoms with Gasteiger partial charge in [-0.2, -0.15) is 0 Å². The van der Waals surface area contributed by atoms with Crippen molar-refractivity contribution in [2.24, 2.45) is 0 Å². The third kappa shape index (κ3) is 2.29. The highest BCUT2D eigenvalue weighted by Crippen LogP contribution is 2.18. The van der Waals surface area contributed by atoms with Crippen molar-refractivity contribution in [2.75, 3.05) is 5.32 Å². The maximum atomic E-state index is 13.5. The van der Waals surface area contributed by atoms with E-state index in [1.807, 2.05) is 0 Å². The molecule has 2 aromatic heterocycles. The van der Waals surface area contributed by atoms with E-state index in [0.717, 1.165) is 18.3 Å². The molecule has 1 aromatic carbocycles. The number of hydrogen-bond donors (Lipinski definition) is 1. The lowest BCUT2D eigenvalue weighted by Gasteiger charge is -2.07. The normalized spacial score (nSPS) is 10.8. The van der Waals surface area contributed by atoms with E-state index in [1.54, 1.807) is 5.38 Å². The number of benzene rings is 1. The third-order valence-corrected chi connectivity index (χ3v) is 3.56. The highest BCUT2D eigenvalue weighted by molar-refractivity contribution is 7.15. The predicted molar refractivity (Wildman–Crippen MR) is 73.7 cm³/mol. The number of aromatic nitrogens is 2. The lowest BCUT2D eigenvalue weighted by atomic mass is 10.2. The van der Waals surface area contributed by atoms with Crippen LogP contribution in [0.3, 0.4) is 0 Å². The van der Waals surface area contributed by atoms with Crippen LogP contribution in [0, 0.1) is 11.6 Å². The number of halogens is 2. The molecule has 0 atom stereocenters. The second kappa shape index (κ2) is 5.06. The summed E-state index contributed by atoms with van der Waals surface area (Å²) in [5.74, 6) is -2.77. The van der Waals surface area contributed by atoms with Gasteiger partial charge in [0.25, 0.3) is 11.5 Å². The molecule has 0 bridgehead atoms. The van der Waals surface area contributed by atoms with Crippen molar-refractivity contribution in [3.63, 3.8) is 0 Å². The van der Waals surface area contributed by atoms with Crippen molar-refractivity contribution in [3.05, 3.63) is 63.5 Å². The van der Waals surface area contributed by atoms with E-state index >= 15 is 0 Å². The van der Waals surface area contributed by atoms with Crippen molar-refractivity contribution in [3.8, 4) is 0 Å². The van der Waals surface area contributed by atoms with Gasteiger partial charge >= 0.3 is 0 Å². The molecule has 106 valence electrons. The standard InChI is InChI=1S/C13H7F2N3O2S/c14-8-2-1-3-9(15)10(8)17-11(19)7-6-16-13-18(12(7)20)4-5-21-13/h1-6H,(H,17,19).